The maximum absolute atomic E-state index is 3.26. The molecule has 0 aromatic heterocycles. The molecular weight excluding hydrogens is 172 g/mol. The van der Waals surface area contributed by atoms with E-state index in [0.717, 1.165) is 13.1 Å². The number of rotatable bonds is 2. The van der Waals surface area contributed by atoms with Gasteiger partial charge in [0.05, 0.1) is 0 Å². The maximum Gasteiger partial charge on any atom is 0.0261 e. The molecule has 2 nitrogen and oxygen atoms in total. The highest BCUT2D eigenvalue weighted by Gasteiger charge is 2.21. The minimum Gasteiger partial charge on any atom is -0.318 e. The summed E-state index contributed by atoms with van der Waals surface area (Å²) in [5.41, 5.74) is 3.01. The normalized spacial score (nSPS) is 22.0. The van der Waals surface area contributed by atoms with Crippen LogP contribution < -0.4 is 5.32 Å². The van der Waals surface area contributed by atoms with Crippen LogP contribution in [0.15, 0.2) is 24.3 Å². The molecule has 76 valence electrons. The van der Waals surface area contributed by atoms with Gasteiger partial charge in [-0.05, 0) is 31.6 Å². The molecule has 0 bridgehead atoms. The van der Waals surface area contributed by atoms with Gasteiger partial charge in [0.1, 0.15) is 0 Å². The first-order valence-electron chi connectivity index (χ1n) is 5.23. The lowest BCUT2D eigenvalue weighted by Gasteiger charge is -2.33. The van der Waals surface area contributed by atoms with Crippen LogP contribution in [0.1, 0.15) is 11.1 Å². The van der Waals surface area contributed by atoms with E-state index in [9.17, 15) is 0 Å². The lowest BCUT2D eigenvalue weighted by atomic mass is 9.94. The minimum atomic E-state index is 0.648. The highest BCUT2D eigenvalue weighted by atomic mass is 15.1. The Morgan fingerprint density at radius 2 is 2.07 bits per heavy atom. The van der Waals surface area contributed by atoms with Crippen molar-refractivity contribution in [2.75, 3.05) is 20.6 Å². The van der Waals surface area contributed by atoms with Crippen molar-refractivity contribution in [3.8, 4) is 0 Å². The van der Waals surface area contributed by atoms with E-state index >= 15 is 0 Å². The molecule has 0 unspecified atom stereocenters. The van der Waals surface area contributed by atoms with Crippen molar-refractivity contribution >= 4 is 0 Å². The summed E-state index contributed by atoms with van der Waals surface area (Å²) in [4.78, 5) is 2.43. The zero-order valence-electron chi connectivity index (χ0n) is 8.96. The number of fused-ring (bicyclic) bond motifs is 1. The first kappa shape index (κ1) is 9.69. The summed E-state index contributed by atoms with van der Waals surface area (Å²) in [6.07, 6.45) is 1.17. The van der Waals surface area contributed by atoms with Crippen molar-refractivity contribution in [2.24, 2.45) is 0 Å². The Morgan fingerprint density at radius 1 is 1.36 bits per heavy atom. The fraction of sp³-hybridized carbons (Fsp3) is 0.500. The van der Waals surface area contributed by atoms with Crippen molar-refractivity contribution in [1.82, 2.24) is 10.2 Å². The van der Waals surface area contributed by atoms with Crippen LogP contribution in [-0.4, -0.2) is 31.6 Å². The molecular formula is C12H18N2. The zero-order chi connectivity index (χ0) is 9.97. The van der Waals surface area contributed by atoms with Crippen LogP contribution in [0.3, 0.4) is 0 Å². The molecule has 0 fully saturated rings. The van der Waals surface area contributed by atoms with Crippen molar-refractivity contribution in [3.63, 3.8) is 0 Å². The van der Waals surface area contributed by atoms with Crippen LogP contribution in [0.25, 0.3) is 0 Å². The maximum atomic E-state index is 3.26. The van der Waals surface area contributed by atoms with Crippen LogP contribution in [0, 0.1) is 0 Å². The Labute approximate surface area is 85.9 Å². The second-order valence-electron chi connectivity index (χ2n) is 4.10. The Hall–Kier alpha value is -0.860. The number of hydrogen-bond donors (Lipinski definition) is 1. The van der Waals surface area contributed by atoms with Gasteiger partial charge in [-0.25, -0.2) is 0 Å². The standard InChI is InChI=1S/C12H18N2/c1-13-8-12-7-10-5-3-4-6-11(10)9-14(12)2/h3-6,12-13H,7-9H2,1-2H3/t12-/m0/s1. The van der Waals surface area contributed by atoms with Gasteiger partial charge in [0, 0.05) is 19.1 Å². The van der Waals surface area contributed by atoms with Crippen LogP contribution >= 0.6 is 0 Å². The molecule has 1 N–H and O–H groups in total. The fourth-order valence-corrected chi connectivity index (χ4v) is 2.18. The molecule has 0 spiro atoms. The molecule has 0 saturated carbocycles. The Kier molecular flexibility index (Phi) is 2.85. The summed E-state index contributed by atoms with van der Waals surface area (Å²) in [6.45, 7) is 2.16. The molecule has 0 amide bonds. The highest BCUT2D eigenvalue weighted by Crippen LogP contribution is 2.21. The number of likely N-dealkylation sites (N-methyl/N-ethyl adjacent to an activating group) is 2. The van der Waals surface area contributed by atoms with E-state index in [1.807, 2.05) is 7.05 Å². The van der Waals surface area contributed by atoms with E-state index in [-0.39, 0.29) is 0 Å². The Bertz CT molecular complexity index is 309. The number of hydrogen-bond acceptors (Lipinski definition) is 2. The van der Waals surface area contributed by atoms with Gasteiger partial charge < -0.3 is 5.32 Å². The molecule has 0 aliphatic carbocycles. The van der Waals surface area contributed by atoms with Crippen LogP contribution in [0.4, 0.5) is 0 Å². The second kappa shape index (κ2) is 4.11. The van der Waals surface area contributed by atoms with Gasteiger partial charge in [-0.2, -0.15) is 0 Å². The smallest absolute Gasteiger partial charge is 0.0261 e. The summed E-state index contributed by atoms with van der Waals surface area (Å²) >= 11 is 0. The molecule has 1 aliphatic heterocycles. The quantitative estimate of drug-likeness (QED) is 0.755. The average molecular weight is 190 g/mol. The van der Waals surface area contributed by atoms with Gasteiger partial charge in [0.25, 0.3) is 0 Å². The lowest BCUT2D eigenvalue weighted by Crippen LogP contribution is -2.43. The van der Waals surface area contributed by atoms with Crippen LogP contribution in [0.5, 0.6) is 0 Å². The molecule has 1 heterocycles. The van der Waals surface area contributed by atoms with E-state index in [1.54, 1.807) is 0 Å². The SMILES string of the molecule is CNC[C@@H]1Cc2ccccc2CN1C. The molecule has 1 aliphatic rings. The van der Waals surface area contributed by atoms with E-state index in [0.29, 0.717) is 6.04 Å². The van der Waals surface area contributed by atoms with Crippen molar-refractivity contribution in [3.05, 3.63) is 35.4 Å². The molecule has 0 saturated heterocycles. The average Bonchev–Trinajstić information content (AvgIpc) is 2.19. The van der Waals surface area contributed by atoms with Crippen LogP contribution in [0.2, 0.25) is 0 Å². The molecule has 1 aromatic carbocycles. The topological polar surface area (TPSA) is 15.3 Å². The van der Waals surface area contributed by atoms with Crippen molar-refractivity contribution in [2.45, 2.75) is 19.0 Å². The third-order valence-electron chi connectivity index (χ3n) is 3.06. The summed E-state index contributed by atoms with van der Waals surface area (Å²) in [7, 11) is 4.23. The molecule has 2 rings (SSSR count). The van der Waals surface area contributed by atoms with Gasteiger partial charge in [-0.3, -0.25) is 4.90 Å². The van der Waals surface area contributed by atoms with Crippen LogP contribution in [-0.2, 0) is 13.0 Å². The van der Waals surface area contributed by atoms with E-state index in [1.165, 1.54) is 17.5 Å². The van der Waals surface area contributed by atoms with Gasteiger partial charge >= 0.3 is 0 Å². The number of nitrogens with zero attached hydrogens (tertiary/aromatic N) is 1. The van der Waals surface area contributed by atoms with Gasteiger partial charge in [-0.15, -0.1) is 0 Å². The molecule has 0 radical (unpaired) electrons. The third-order valence-corrected chi connectivity index (χ3v) is 3.06. The molecule has 1 atom stereocenters. The van der Waals surface area contributed by atoms with Crippen molar-refractivity contribution < 1.29 is 0 Å². The fourth-order valence-electron chi connectivity index (χ4n) is 2.18. The highest BCUT2D eigenvalue weighted by molar-refractivity contribution is 5.30. The van der Waals surface area contributed by atoms with Gasteiger partial charge in [0.2, 0.25) is 0 Å². The Morgan fingerprint density at radius 3 is 2.79 bits per heavy atom. The van der Waals surface area contributed by atoms with E-state index in [2.05, 4.69) is 41.5 Å². The molecule has 1 aromatic rings. The molecule has 14 heavy (non-hydrogen) atoms. The first-order chi connectivity index (χ1) is 6.81. The summed E-state index contributed by atoms with van der Waals surface area (Å²) in [6, 6.07) is 9.41. The zero-order valence-corrected chi connectivity index (χ0v) is 8.96. The monoisotopic (exact) mass is 190 g/mol. The van der Waals surface area contributed by atoms with E-state index in [4.69, 9.17) is 0 Å². The van der Waals surface area contributed by atoms with Gasteiger partial charge in [-0.1, -0.05) is 24.3 Å². The summed E-state index contributed by atoms with van der Waals surface area (Å²) in [5, 5.41) is 3.26. The third kappa shape index (κ3) is 1.81. The largest absolute Gasteiger partial charge is 0.318 e. The molecule has 2 heteroatoms. The number of benzene rings is 1. The summed E-state index contributed by atoms with van der Waals surface area (Å²) < 4.78 is 0. The minimum absolute atomic E-state index is 0.648. The predicted octanol–water partition coefficient (Wildman–Crippen LogP) is 1.26. The summed E-state index contributed by atoms with van der Waals surface area (Å²) in [5.74, 6) is 0. The Balaban J connectivity index is 2.18. The van der Waals surface area contributed by atoms with E-state index < -0.39 is 0 Å². The first-order valence-corrected chi connectivity index (χ1v) is 5.23. The number of nitrogens with one attached hydrogen (secondary N) is 1. The lowest BCUT2D eigenvalue weighted by molar-refractivity contribution is 0.213. The van der Waals surface area contributed by atoms with Gasteiger partial charge in [0.15, 0.2) is 0 Å². The predicted molar refractivity (Wildman–Crippen MR) is 59.3 cm³/mol. The van der Waals surface area contributed by atoms with Crippen molar-refractivity contribution in [1.29, 1.82) is 0 Å². The second-order valence-corrected chi connectivity index (χ2v) is 4.10.